The van der Waals surface area contributed by atoms with Gasteiger partial charge in [0.2, 0.25) is 0 Å². The van der Waals surface area contributed by atoms with E-state index < -0.39 is 41.9 Å². The molecular weight excluding hydrogens is 325 g/mol. The van der Waals surface area contributed by atoms with Crippen LogP contribution < -0.4 is 5.32 Å². The summed E-state index contributed by atoms with van der Waals surface area (Å²) in [4.78, 5) is 25.3. The second-order valence-electron chi connectivity index (χ2n) is 6.34. The molecule has 132 valence electrons. The van der Waals surface area contributed by atoms with Crippen LogP contribution >= 0.6 is 0 Å². The van der Waals surface area contributed by atoms with Gasteiger partial charge in [0.05, 0.1) is 18.2 Å². The highest BCUT2D eigenvalue weighted by Crippen LogP contribution is 2.32. The second-order valence-corrected chi connectivity index (χ2v) is 6.34. The molecule has 1 aromatic rings. The first-order chi connectivity index (χ1) is 11.0. The molecule has 5 nitrogen and oxygen atoms in total. The summed E-state index contributed by atoms with van der Waals surface area (Å²) in [5.74, 6) is -0.682. The number of hydrogen-bond donors (Lipinski definition) is 2. The Bertz CT molecular complexity index is 660. The summed E-state index contributed by atoms with van der Waals surface area (Å²) in [6.07, 6.45) is -5.94. The zero-order valence-electron chi connectivity index (χ0n) is 13.5. The SMILES string of the molecule is CC(C)[C@@]1(C)NC(=O)N(C[C@@H](O)c2cccc(C(F)(F)F)c2)C1=O. The van der Waals surface area contributed by atoms with Crippen LogP contribution in [0.1, 0.15) is 38.0 Å². The van der Waals surface area contributed by atoms with Crippen LogP contribution in [0.3, 0.4) is 0 Å². The molecule has 1 saturated heterocycles. The van der Waals surface area contributed by atoms with Crippen LogP contribution in [0, 0.1) is 5.92 Å². The average molecular weight is 344 g/mol. The Hall–Kier alpha value is -2.09. The van der Waals surface area contributed by atoms with Crippen molar-refractivity contribution >= 4 is 11.9 Å². The van der Waals surface area contributed by atoms with Crippen LogP contribution in [0.25, 0.3) is 0 Å². The first kappa shape index (κ1) is 18.3. The molecule has 0 spiro atoms. The van der Waals surface area contributed by atoms with E-state index in [1.165, 1.54) is 12.1 Å². The summed E-state index contributed by atoms with van der Waals surface area (Å²) >= 11 is 0. The minimum absolute atomic E-state index is 0.0106. The Kier molecular flexibility index (Phi) is 4.63. The molecule has 0 aliphatic carbocycles. The van der Waals surface area contributed by atoms with Crippen LogP contribution in [0.2, 0.25) is 0 Å². The second kappa shape index (κ2) is 6.08. The molecule has 8 heteroatoms. The maximum absolute atomic E-state index is 12.7. The third-order valence-electron chi connectivity index (χ3n) is 4.41. The van der Waals surface area contributed by atoms with Gasteiger partial charge in [-0.25, -0.2) is 4.79 Å². The highest BCUT2D eigenvalue weighted by molar-refractivity contribution is 6.07. The van der Waals surface area contributed by atoms with Gasteiger partial charge in [0.15, 0.2) is 0 Å². The molecule has 3 amide bonds. The van der Waals surface area contributed by atoms with Gasteiger partial charge in [-0.3, -0.25) is 9.69 Å². The number of rotatable bonds is 4. The summed E-state index contributed by atoms with van der Waals surface area (Å²) < 4.78 is 38.2. The van der Waals surface area contributed by atoms with Crippen molar-refractivity contribution in [3.05, 3.63) is 35.4 Å². The number of urea groups is 1. The third kappa shape index (κ3) is 3.24. The number of carbonyl (C=O) groups is 2. The standard InChI is InChI=1S/C16H19F3N2O3/c1-9(2)15(3)13(23)21(14(24)20-15)8-12(22)10-5-4-6-11(7-10)16(17,18)19/h4-7,9,12,22H,8H2,1-3H3,(H,20,24)/t12-,15-/m1/s1. The highest BCUT2D eigenvalue weighted by Gasteiger charge is 2.50. The first-order valence-electron chi connectivity index (χ1n) is 7.46. The van der Waals surface area contributed by atoms with Gasteiger partial charge in [0, 0.05) is 0 Å². The monoisotopic (exact) mass is 344 g/mol. The topological polar surface area (TPSA) is 69.6 Å². The lowest BCUT2D eigenvalue weighted by Crippen LogP contribution is -2.48. The van der Waals surface area contributed by atoms with Crippen molar-refractivity contribution in [3.8, 4) is 0 Å². The molecule has 0 aromatic heterocycles. The number of aliphatic hydroxyl groups excluding tert-OH is 1. The molecule has 2 atom stereocenters. The van der Waals surface area contributed by atoms with E-state index in [0.717, 1.165) is 17.0 Å². The quantitative estimate of drug-likeness (QED) is 0.825. The summed E-state index contributed by atoms with van der Waals surface area (Å²) in [6, 6.07) is 3.53. The lowest BCUT2D eigenvalue weighted by Gasteiger charge is -2.26. The number of amides is 3. The van der Waals surface area contributed by atoms with Crippen molar-refractivity contribution in [2.24, 2.45) is 5.92 Å². The van der Waals surface area contributed by atoms with E-state index >= 15 is 0 Å². The van der Waals surface area contributed by atoms with Crippen LogP contribution in [-0.4, -0.2) is 34.0 Å². The van der Waals surface area contributed by atoms with Gasteiger partial charge in [-0.1, -0.05) is 26.0 Å². The maximum atomic E-state index is 12.7. The van der Waals surface area contributed by atoms with E-state index in [9.17, 15) is 27.9 Å². The van der Waals surface area contributed by atoms with E-state index in [-0.39, 0.29) is 11.5 Å². The first-order valence-corrected chi connectivity index (χ1v) is 7.46. The number of hydrogen-bond acceptors (Lipinski definition) is 3. The van der Waals surface area contributed by atoms with Crippen molar-refractivity contribution in [2.45, 2.75) is 38.6 Å². The lowest BCUT2D eigenvalue weighted by atomic mass is 9.88. The Morgan fingerprint density at radius 1 is 1.29 bits per heavy atom. The smallest absolute Gasteiger partial charge is 0.387 e. The molecule has 1 heterocycles. The Balaban J connectivity index is 2.20. The molecule has 0 bridgehead atoms. The summed E-state index contributed by atoms with van der Waals surface area (Å²) in [7, 11) is 0. The molecule has 0 radical (unpaired) electrons. The molecule has 1 aliphatic rings. The fraction of sp³-hybridized carbons (Fsp3) is 0.500. The molecular formula is C16H19F3N2O3. The summed E-state index contributed by atoms with van der Waals surface area (Å²) in [5, 5.41) is 12.7. The number of alkyl halides is 3. The molecule has 2 N–H and O–H groups in total. The fourth-order valence-corrected chi connectivity index (χ4v) is 2.47. The van der Waals surface area contributed by atoms with Gasteiger partial charge >= 0.3 is 12.2 Å². The predicted octanol–water partition coefficient (Wildman–Crippen LogP) is 2.71. The van der Waals surface area contributed by atoms with E-state index in [1.54, 1.807) is 20.8 Å². The van der Waals surface area contributed by atoms with E-state index in [0.29, 0.717) is 0 Å². The minimum Gasteiger partial charge on any atom is -0.387 e. The number of nitrogens with zero attached hydrogens (tertiary/aromatic N) is 1. The van der Waals surface area contributed by atoms with Gasteiger partial charge in [0.1, 0.15) is 5.54 Å². The third-order valence-corrected chi connectivity index (χ3v) is 4.41. The molecule has 24 heavy (non-hydrogen) atoms. The number of halogens is 3. The molecule has 0 saturated carbocycles. The van der Waals surface area contributed by atoms with Crippen molar-refractivity contribution in [2.75, 3.05) is 6.54 Å². The van der Waals surface area contributed by atoms with Crippen molar-refractivity contribution in [1.82, 2.24) is 10.2 Å². The number of aliphatic hydroxyl groups is 1. The van der Waals surface area contributed by atoms with Crippen LogP contribution in [0.4, 0.5) is 18.0 Å². The normalized spacial score (nSPS) is 22.9. The minimum atomic E-state index is -4.53. The van der Waals surface area contributed by atoms with E-state index in [4.69, 9.17) is 0 Å². The van der Waals surface area contributed by atoms with Crippen molar-refractivity contribution in [3.63, 3.8) is 0 Å². The number of imide groups is 1. The summed E-state index contributed by atoms with van der Waals surface area (Å²) in [6.45, 7) is 4.71. The number of benzene rings is 1. The zero-order chi connectivity index (χ0) is 18.3. The van der Waals surface area contributed by atoms with Gasteiger partial charge in [-0.15, -0.1) is 0 Å². The molecule has 1 aromatic carbocycles. The van der Waals surface area contributed by atoms with Crippen molar-refractivity contribution in [1.29, 1.82) is 0 Å². The van der Waals surface area contributed by atoms with Gasteiger partial charge in [-0.2, -0.15) is 13.2 Å². The largest absolute Gasteiger partial charge is 0.416 e. The average Bonchev–Trinajstić information content (AvgIpc) is 2.71. The Labute approximate surface area is 137 Å². The number of carbonyl (C=O) groups excluding carboxylic acids is 2. The van der Waals surface area contributed by atoms with E-state index in [1.807, 2.05) is 0 Å². The Morgan fingerprint density at radius 3 is 2.42 bits per heavy atom. The van der Waals surface area contributed by atoms with Crippen LogP contribution in [0.15, 0.2) is 24.3 Å². The van der Waals surface area contributed by atoms with Crippen LogP contribution in [0.5, 0.6) is 0 Å². The molecule has 1 fully saturated rings. The van der Waals surface area contributed by atoms with Gasteiger partial charge < -0.3 is 10.4 Å². The highest BCUT2D eigenvalue weighted by atomic mass is 19.4. The molecule has 0 unspecified atom stereocenters. The predicted molar refractivity (Wildman–Crippen MR) is 79.9 cm³/mol. The maximum Gasteiger partial charge on any atom is 0.416 e. The zero-order valence-corrected chi connectivity index (χ0v) is 13.5. The number of nitrogens with one attached hydrogen (secondary N) is 1. The lowest BCUT2D eigenvalue weighted by molar-refractivity contribution is -0.138. The molecule has 2 rings (SSSR count). The van der Waals surface area contributed by atoms with Gasteiger partial charge in [-0.05, 0) is 30.5 Å². The van der Waals surface area contributed by atoms with Gasteiger partial charge in [0.25, 0.3) is 5.91 Å². The number of β-amino-alcohol motifs (C(OH)–C–C–N with tert-alkyl or cyclic N) is 1. The van der Waals surface area contributed by atoms with Crippen LogP contribution in [-0.2, 0) is 11.0 Å². The van der Waals surface area contributed by atoms with Crippen molar-refractivity contribution < 1.29 is 27.9 Å². The molecule has 1 aliphatic heterocycles. The Morgan fingerprint density at radius 2 is 1.92 bits per heavy atom. The fourth-order valence-electron chi connectivity index (χ4n) is 2.47. The summed E-state index contributed by atoms with van der Waals surface area (Å²) in [5.41, 5.74) is -2.00. The van der Waals surface area contributed by atoms with E-state index in [2.05, 4.69) is 5.32 Å².